The lowest BCUT2D eigenvalue weighted by molar-refractivity contribution is 0.318. The van der Waals surface area contributed by atoms with Crippen molar-refractivity contribution in [2.75, 3.05) is 11.5 Å². The largest absolute Gasteiger partial charge is 0.179 e. The Kier molecular flexibility index (Phi) is 8.05. The molecule has 19 heavy (non-hydrogen) atoms. The third kappa shape index (κ3) is 5.41. The second kappa shape index (κ2) is 8.71. The maximum Gasteiger partial charge on any atom is 0.0603 e. The Morgan fingerprint density at radius 2 is 1.74 bits per heavy atom. The molecule has 0 saturated heterocycles. The number of thioether (sulfide) groups is 1. The average Bonchev–Trinajstić information content (AvgIpc) is 2.40. The fourth-order valence-corrected chi connectivity index (χ4v) is 4.51. The first kappa shape index (κ1) is 17.6. The van der Waals surface area contributed by atoms with Gasteiger partial charge in [0.15, 0.2) is 0 Å². The van der Waals surface area contributed by atoms with Gasteiger partial charge in [0.1, 0.15) is 0 Å². The summed E-state index contributed by atoms with van der Waals surface area (Å²) in [6.07, 6.45) is 4.89. The van der Waals surface area contributed by atoms with Crippen LogP contribution in [0.15, 0.2) is 23.1 Å². The summed E-state index contributed by atoms with van der Waals surface area (Å²) in [6.45, 7) is 4.50. The van der Waals surface area contributed by atoms with Crippen LogP contribution in [-0.2, 0) is 0 Å². The summed E-state index contributed by atoms with van der Waals surface area (Å²) >= 11 is 18.5. The van der Waals surface area contributed by atoms with Crippen molar-refractivity contribution in [2.45, 2.75) is 44.4 Å². The Morgan fingerprint density at radius 1 is 1.11 bits per heavy atom. The van der Waals surface area contributed by atoms with Gasteiger partial charge in [0.25, 0.3) is 0 Å². The topological polar surface area (TPSA) is 0 Å². The third-order valence-electron chi connectivity index (χ3n) is 3.33. The van der Waals surface area contributed by atoms with Crippen LogP contribution in [0.25, 0.3) is 0 Å². The van der Waals surface area contributed by atoms with Gasteiger partial charge in [0.2, 0.25) is 0 Å². The van der Waals surface area contributed by atoms with Crippen LogP contribution in [0.4, 0.5) is 0 Å². The number of rotatable bonds is 8. The van der Waals surface area contributed by atoms with Gasteiger partial charge in [0, 0.05) is 10.6 Å². The number of halogens is 2. The van der Waals surface area contributed by atoms with E-state index in [0.717, 1.165) is 11.5 Å². The van der Waals surface area contributed by atoms with Gasteiger partial charge in [-0.15, -0.1) is 11.8 Å². The zero-order valence-electron chi connectivity index (χ0n) is 11.6. The quantitative estimate of drug-likeness (QED) is 0.412. The molecular weight excluding hydrogens is 315 g/mol. The van der Waals surface area contributed by atoms with Crippen molar-refractivity contribution in [3.63, 3.8) is 0 Å². The molecule has 0 saturated carbocycles. The molecule has 0 unspecified atom stereocenters. The SMILES string of the molecule is CCCC(CS)(CCC)CSc1ccc(Cl)c(Cl)c1. The van der Waals surface area contributed by atoms with E-state index in [-0.39, 0.29) is 0 Å². The van der Waals surface area contributed by atoms with Crippen LogP contribution in [0.5, 0.6) is 0 Å². The van der Waals surface area contributed by atoms with Gasteiger partial charge >= 0.3 is 0 Å². The molecule has 0 aliphatic rings. The van der Waals surface area contributed by atoms with Gasteiger partial charge in [0.05, 0.1) is 10.0 Å². The molecule has 1 rings (SSSR count). The molecule has 0 aliphatic heterocycles. The zero-order chi connectivity index (χ0) is 14.3. The minimum atomic E-state index is 0.337. The van der Waals surface area contributed by atoms with E-state index in [1.54, 1.807) is 0 Å². The predicted octanol–water partition coefficient (Wildman–Crippen LogP) is 6.60. The molecule has 0 aliphatic carbocycles. The standard InChI is InChI=1S/C15H22Cl2S2/c1-3-7-15(10-18,8-4-2)11-19-12-5-6-13(16)14(17)9-12/h5-6,9,18H,3-4,7-8,10-11H2,1-2H3. The monoisotopic (exact) mass is 336 g/mol. The van der Waals surface area contributed by atoms with E-state index in [2.05, 4.69) is 26.5 Å². The van der Waals surface area contributed by atoms with Crippen LogP contribution in [-0.4, -0.2) is 11.5 Å². The van der Waals surface area contributed by atoms with Crippen molar-refractivity contribution < 1.29 is 0 Å². The van der Waals surface area contributed by atoms with Crippen molar-refractivity contribution >= 4 is 47.6 Å². The molecule has 0 amide bonds. The lowest BCUT2D eigenvalue weighted by atomic mass is 9.83. The second-order valence-corrected chi connectivity index (χ2v) is 7.20. The van der Waals surface area contributed by atoms with E-state index in [0.29, 0.717) is 15.5 Å². The summed E-state index contributed by atoms with van der Waals surface area (Å²) in [6, 6.07) is 5.87. The molecule has 0 N–H and O–H groups in total. The van der Waals surface area contributed by atoms with E-state index >= 15 is 0 Å². The molecule has 0 spiro atoms. The summed E-state index contributed by atoms with van der Waals surface area (Å²) in [7, 11) is 0. The molecule has 0 nitrogen and oxygen atoms in total. The van der Waals surface area contributed by atoms with Crippen molar-refractivity contribution in [1.82, 2.24) is 0 Å². The summed E-state index contributed by atoms with van der Waals surface area (Å²) in [5.74, 6) is 2.04. The van der Waals surface area contributed by atoms with Gasteiger partial charge in [-0.05, 0) is 42.2 Å². The van der Waals surface area contributed by atoms with Crippen LogP contribution >= 0.6 is 47.6 Å². The molecule has 0 atom stereocenters. The van der Waals surface area contributed by atoms with Crippen molar-refractivity contribution in [3.05, 3.63) is 28.2 Å². The van der Waals surface area contributed by atoms with Crippen LogP contribution in [0.3, 0.4) is 0 Å². The van der Waals surface area contributed by atoms with Gasteiger partial charge < -0.3 is 0 Å². The molecule has 108 valence electrons. The van der Waals surface area contributed by atoms with E-state index in [1.807, 2.05) is 30.0 Å². The highest BCUT2D eigenvalue weighted by Gasteiger charge is 2.26. The van der Waals surface area contributed by atoms with Crippen LogP contribution in [0.1, 0.15) is 39.5 Å². The predicted molar refractivity (Wildman–Crippen MR) is 93.3 cm³/mol. The summed E-state index contributed by atoms with van der Waals surface area (Å²) in [5, 5.41) is 1.25. The Bertz CT molecular complexity index is 388. The molecule has 0 aromatic heterocycles. The van der Waals surface area contributed by atoms with Crippen LogP contribution < -0.4 is 0 Å². The number of benzene rings is 1. The van der Waals surface area contributed by atoms with Gasteiger partial charge in [-0.1, -0.05) is 49.9 Å². The molecule has 0 fully saturated rings. The first-order valence-corrected chi connectivity index (χ1v) is 9.13. The molecule has 0 radical (unpaired) electrons. The van der Waals surface area contributed by atoms with Gasteiger partial charge in [-0.25, -0.2) is 0 Å². The second-order valence-electron chi connectivity index (χ2n) is 5.02. The fourth-order valence-electron chi connectivity index (χ4n) is 2.34. The lowest BCUT2D eigenvalue weighted by Crippen LogP contribution is -2.25. The summed E-state index contributed by atoms with van der Waals surface area (Å²) in [5.41, 5.74) is 0.337. The van der Waals surface area contributed by atoms with Crippen molar-refractivity contribution in [1.29, 1.82) is 0 Å². The van der Waals surface area contributed by atoms with E-state index in [1.165, 1.54) is 30.6 Å². The smallest absolute Gasteiger partial charge is 0.0603 e. The van der Waals surface area contributed by atoms with E-state index < -0.39 is 0 Å². The van der Waals surface area contributed by atoms with Gasteiger partial charge in [-0.3, -0.25) is 0 Å². The number of hydrogen-bond donors (Lipinski definition) is 1. The van der Waals surface area contributed by atoms with E-state index in [4.69, 9.17) is 23.2 Å². The molecule has 0 bridgehead atoms. The molecular formula is C15H22Cl2S2. The fraction of sp³-hybridized carbons (Fsp3) is 0.600. The highest BCUT2D eigenvalue weighted by molar-refractivity contribution is 7.99. The van der Waals surface area contributed by atoms with E-state index in [9.17, 15) is 0 Å². The van der Waals surface area contributed by atoms with Gasteiger partial charge in [-0.2, -0.15) is 12.6 Å². The van der Waals surface area contributed by atoms with Crippen LogP contribution in [0, 0.1) is 5.41 Å². The maximum absolute atomic E-state index is 6.06. The lowest BCUT2D eigenvalue weighted by Gasteiger charge is -2.31. The first-order valence-electron chi connectivity index (χ1n) is 6.75. The Hall–Kier alpha value is 0.500. The normalized spacial score (nSPS) is 11.8. The average molecular weight is 337 g/mol. The van der Waals surface area contributed by atoms with Crippen molar-refractivity contribution in [2.24, 2.45) is 5.41 Å². The minimum absolute atomic E-state index is 0.337. The molecule has 1 aromatic rings. The Labute approximate surface area is 137 Å². The maximum atomic E-state index is 6.06. The first-order chi connectivity index (χ1) is 9.06. The highest BCUT2D eigenvalue weighted by Crippen LogP contribution is 2.38. The molecule has 0 heterocycles. The number of thiol groups is 1. The molecule has 1 aromatic carbocycles. The van der Waals surface area contributed by atoms with Crippen LogP contribution in [0.2, 0.25) is 10.0 Å². The third-order valence-corrected chi connectivity index (χ3v) is 6.09. The summed E-state index contributed by atoms with van der Waals surface area (Å²) in [4.78, 5) is 1.19. The minimum Gasteiger partial charge on any atom is -0.179 e. The van der Waals surface area contributed by atoms with Crippen molar-refractivity contribution in [3.8, 4) is 0 Å². The molecule has 4 heteroatoms. The Balaban J connectivity index is 2.71. The highest BCUT2D eigenvalue weighted by atomic mass is 35.5. The Morgan fingerprint density at radius 3 is 2.21 bits per heavy atom. The summed E-state index contributed by atoms with van der Waals surface area (Å²) < 4.78 is 0. The number of hydrogen-bond acceptors (Lipinski definition) is 2. The zero-order valence-corrected chi connectivity index (χ0v) is 14.8.